The van der Waals surface area contributed by atoms with Crippen LogP contribution in [-0.2, 0) is 9.63 Å². The van der Waals surface area contributed by atoms with Crippen LogP contribution < -0.4 is 15.7 Å². The first-order chi connectivity index (χ1) is 12.1. The second kappa shape index (κ2) is 8.52. The van der Waals surface area contributed by atoms with E-state index in [2.05, 4.69) is 25.6 Å². The van der Waals surface area contributed by atoms with Gasteiger partial charge in [0.2, 0.25) is 5.95 Å². The van der Waals surface area contributed by atoms with Gasteiger partial charge in [-0.2, -0.15) is 18.2 Å². The predicted octanol–water partition coefficient (Wildman–Crippen LogP) is 2.43. The number of hydroxylamine groups is 1. The summed E-state index contributed by atoms with van der Waals surface area (Å²) in [5.74, 6) is -0.472. The summed E-state index contributed by atoms with van der Waals surface area (Å²) in [6.45, 7) is 2.59. The van der Waals surface area contributed by atoms with E-state index in [9.17, 15) is 18.0 Å². The molecule has 0 atom stereocenters. The molecule has 1 saturated carbocycles. The lowest BCUT2D eigenvalue weighted by Crippen LogP contribution is -2.39. The number of nitrogens with one attached hydrogen (secondary N) is 2. The number of halogens is 3. The van der Waals surface area contributed by atoms with Crippen LogP contribution in [0.25, 0.3) is 0 Å². The van der Waals surface area contributed by atoms with E-state index in [1.807, 2.05) is 32.0 Å². The Morgan fingerprint density at radius 2 is 1.92 bits per heavy atom. The van der Waals surface area contributed by atoms with Crippen molar-refractivity contribution in [3.63, 3.8) is 0 Å². The van der Waals surface area contributed by atoms with Crippen molar-refractivity contribution in [1.82, 2.24) is 15.4 Å². The molecule has 1 aromatic heterocycles. The highest BCUT2D eigenvalue weighted by atomic mass is 19.4. The average molecular weight is 375 g/mol. The number of carbonyl (C=O) groups is 1. The van der Waals surface area contributed by atoms with Gasteiger partial charge >= 0.3 is 12.1 Å². The molecular formula is C16H24F3N5O2. The zero-order valence-electron chi connectivity index (χ0n) is 15.1. The molecule has 0 unspecified atom stereocenters. The van der Waals surface area contributed by atoms with E-state index in [-0.39, 0.29) is 6.04 Å². The summed E-state index contributed by atoms with van der Waals surface area (Å²) < 4.78 is 36.3. The Bertz CT molecular complexity index is 616. The van der Waals surface area contributed by atoms with Gasteiger partial charge in [-0.25, -0.2) is 9.78 Å². The van der Waals surface area contributed by atoms with Crippen LogP contribution in [0.3, 0.4) is 0 Å². The third-order valence-electron chi connectivity index (χ3n) is 4.24. The Morgan fingerprint density at radius 1 is 1.27 bits per heavy atom. The van der Waals surface area contributed by atoms with Crippen molar-refractivity contribution < 1.29 is 22.8 Å². The minimum Gasteiger partial charge on any atom is -0.363 e. The Hall–Kier alpha value is -2.10. The van der Waals surface area contributed by atoms with Crippen molar-refractivity contribution in [2.24, 2.45) is 5.92 Å². The van der Waals surface area contributed by atoms with Gasteiger partial charge in [0, 0.05) is 38.4 Å². The molecule has 0 radical (unpaired) electrons. The Labute approximate surface area is 150 Å². The van der Waals surface area contributed by atoms with Crippen molar-refractivity contribution in [2.45, 2.75) is 44.8 Å². The van der Waals surface area contributed by atoms with E-state index in [0.29, 0.717) is 31.3 Å². The van der Waals surface area contributed by atoms with Crippen LogP contribution in [0.4, 0.5) is 24.9 Å². The van der Waals surface area contributed by atoms with E-state index >= 15 is 0 Å². The molecule has 0 aromatic carbocycles. The molecule has 2 rings (SSSR count). The quantitative estimate of drug-likeness (QED) is 0.739. The minimum atomic E-state index is -4.98. The third kappa shape index (κ3) is 6.01. The van der Waals surface area contributed by atoms with Crippen molar-refractivity contribution >= 4 is 17.7 Å². The van der Waals surface area contributed by atoms with Crippen LogP contribution in [0.1, 0.15) is 31.4 Å². The summed E-state index contributed by atoms with van der Waals surface area (Å²) in [6.07, 6.45) is -2.10. The maximum atomic E-state index is 12.1. The monoisotopic (exact) mass is 375 g/mol. The summed E-state index contributed by atoms with van der Waals surface area (Å²) in [4.78, 5) is 25.5. The van der Waals surface area contributed by atoms with E-state index in [1.165, 1.54) is 0 Å². The highest BCUT2D eigenvalue weighted by Gasteiger charge is 2.41. The second-order valence-corrected chi connectivity index (χ2v) is 6.69. The number of hydrogen-bond donors (Lipinski definition) is 2. The molecule has 0 saturated heterocycles. The highest BCUT2D eigenvalue weighted by molar-refractivity contribution is 5.75. The van der Waals surface area contributed by atoms with Crippen LogP contribution in [0.2, 0.25) is 0 Å². The maximum absolute atomic E-state index is 12.1. The zero-order valence-corrected chi connectivity index (χ0v) is 15.1. The molecule has 1 fully saturated rings. The lowest BCUT2D eigenvalue weighted by Gasteiger charge is -2.28. The predicted molar refractivity (Wildman–Crippen MR) is 90.6 cm³/mol. The largest absolute Gasteiger partial charge is 0.492 e. The van der Waals surface area contributed by atoms with Gasteiger partial charge in [0.15, 0.2) is 0 Å². The van der Waals surface area contributed by atoms with Gasteiger partial charge in [0.25, 0.3) is 0 Å². The molecule has 0 bridgehead atoms. The van der Waals surface area contributed by atoms with E-state index in [0.717, 1.165) is 24.4 Å². The van der Waals surface area contributed by atoms with Crippen LogP contribution in [0, 0.1) is 12.8 Å². The highest BCUT2D eigenvalue weighted by Crippen LogP contribution is 2.25. The van der Waals surface area contributed by atoms with Gasteiger partial charge in [-0.3, -0.25) is 0 Å². The van der Waals surface area contributed by atoms with Crippen molar-refractivity contribution in [2.75, 3.05) is 30.9 Å². The minimum absolute atomic E-state index is 0.256. The Kier molecular flexibility index (Phi) is 6.63. The first kappa shape index (κ1) is 20.2. The summed E-state index contributed by atoms with van der Waals surface area (Å²) in [5, 5.41) is 3.23. The lowest BCUT2D eigenvalue weighted by molar-refractivity contribution is -0.209. The van der Waals surface area contributed by atoms with Gasteiger partial charge in [-0.1, -0.05) is 0 Å². The van der Waals surface area contributed by atoms with Gasteiger partial charge in [-0.05, 0) is 38.5 Å². The van der Waals surface area contributed by atoms with Crippen LogP contribution in [0.15, 0.2) is 6.07 Å². The molecule has 2 N–H and O–H groups in total. The van der Waals surface area contributed by atoms with Crippen molar-refractivity contribution in [3.8, 4) is 0 Å². The summed E-state index contributed by atoms with van der Waals surface area (Å²) >= 11 is 0. The molecule has 26 heavy (non-hydrogen) atoms. The molecule has 7 nitrogen and oxygen atoms in total. The molecule has 1 aliphatic carbocycles. The zero-order chi connectivity index (χ0) is 19.3. The number of anilines is 2. The fourth-order valence-corrected chi connectivity index (χ4v) is 2.77. The molecule has 0 spiro atoms. The molecule has 1 aromatic rings. The average Bonchev–Trinajstić information content (AvgIpc) is 2.57. The second-order valence-electron chi connectivity index (χ2n) is 6.69. The van der Waals surface area contributed by atoms with E-state index in [4.69, 9.17) is 0 Å². The molecule has 146 valence electrons. The SMILES string of the molecule is Cc1cc(N(C)C)nc(NCC2CCC(NOC(=O)C(F)(F)F)CC2)n1. The first-order valence-electron chi connectivity index (χ1n) is 8.45. The third-order valence-corrected chi connectivity index (χ3v) is 4.24. The molecule has 1 aliphatic rings. The standard InChI is InChI=1S/C16H24F3N5O2/c1-10-8-13(24(2)3)22-15(21-10)20-9-11-4-6-12(7-5-11)23-26-14(25)16(17,18)19/h8,11-12,23H,4-7,9H2,1-3H3,(H,20,21,22). The summed E-state index contributed by atoms with van der Waals surface area (Å²) in [6, 6.07) is 1.64. The summed E-state index contributed by atoms with van der Waals surface area (Å²) in [7, 11) is 3.82. The number of aromatic nitrogens is 2. The number of aryl methyl sites for hydroxylation is 1. The van der Waals surface area contributed by atoms with Crippen LogP contribution in [-0.4, -0.2) is 48.8 Å². The number of nitrogens with zero attached hydrogens (tertiary/aromatic N) is 3. The maximum Gasteiger partial charge on any atom is 0.492 e. The number of rotatable bonds is 6. The topological polar surface area (TPSA) is 79.4 Å². The molecule has 0 amide bonds. The fraction of sp³-hybridized carbons (Fsp3) is 0.688. The van der Waals surface area contributed by atoms with E-state index in [1.54, 1.807) is 0 Å². The Morgan fingerprint density at radius 3 is 2.50 bits per heavy atom. The van der Waals surface area contributed by atoms with Crippen molar-refractivity contribution in [3.05, 3.63) is 11.8 Å². The van der Waals surface area contributed by atoms with Gasteiger partial charge < -0.3 is 15.1 Å². The van der Waals surface area contributed by atoms with Crippen LogP contribution in [0.5, 0.6) is 0 Å². The smallest absolute Gasteiger partial charge is 0.363 e. The van der Waals surface area contributed by atoms with Crippen molar-refractivity contribution in [1.29, 1.82) is 0 Å². The number of carbonyl (C=O) groups excluding carboxylic acids is 1. The number of alkyl halides is 3. The number of hydrogen-bond acceptors (Lipinski definition) is 7. The lowest BCUT2D eigenvalue weighted by atomic mass is 9.86. The van der Waals surface area contributed by atoms with Gasteiger partial charge in [0.05, 0.1) is 0 Å². The molecular weight excluding hydrogens is 351 g/mol. The molecule has 10 heteroatoms. The molecule has 1 heterocycles. The Balaban J connectivity index is 1.75. The molecule has 0 aliphatic heterocycles. The van der Waals surface area contributed by atoms with Gasteiger partial charge in [-0.15, -0.1) is 5.48 Å². The van der Waals surface area contributed by atoms with E-state index < -0.39 is 12.1 Å². The van der Waals surface area contributed by atoms with Gasteiger partial charge in [0.1, 0.15) is 5.82 Å². The summed E-state index contributed by atoms with van der Waals surface area (Å²) in [5.41, 5.74) is 3.10. The normalized spacial score (nSPS) is 20.5. The fourth-order valence-electron chi connectivity index (χ4n) is 2.77. The van der Waals surface area contributed by atoms with Crippen LogP contribution >= 0.6 is 0 Å². The first-order valence-corrected chi connectivity index (χ1v) is 8.45.